The molecule has 2 aromatic carbocycles. The molecular weight excluding hydrogens is 384 g/mol. The van der Waals surface area contributed by atoms with Crippen molar-refractivity contribution < 1.29 is 28.8 Å². The van der Waals surface area contributed by atoms with Crippen LogP contribution >= 0.6 is 0 Å². The first-order valence-corrected chi connectivity index (χ1v) is 10.4. The van der Waals surface area contributed by atoms with E-state index in [2.05, 4.69) is 32.9 Å². The largest absolute Gasteiger partial charge is 0.487 e. The van der Waals surface area contributed by atoms with E-state index < -0.39 is 11.6 Å². The molecule has 0 unspecified atom stereocenters. The smallest absolute Gasteiger partial charge is 0.307 e. The van der Waals surface area contributed by atoms with Crippen LogP contribution in [0.15, 0.2) is 36.4 Å². The average molecular weight is 410 g/mol. The van der Waals surface area contributed by atoms with Crippen LogP contribution in [0.4, 0.5) is 0 Å². The summed E-state index contributed by atoms with van der Waals surface area (Å²) >= 11 is 0. The molecular formula is C24H26O6. The third kappa shape index (κ3) is 3.19. The number of carbonyl (C=O) groups is 1. The van der Waals surface area contributed by atoms with E-state index in [1.165, 1.54) is 5.56 Å². The van der Waals surface area contributed by atoms with Gasteiger partial charge in [-0.3, -0.25) is 4.79 Å². The first kappa shape index (κ1) is 19.2. The van der Waals surface area contributed by atoms with E-state index in [-0.39, 0.29) is 37.3 Å². The van der Waals surface area contributed by atoms with Crippen LogP contribution in [-0.4, -0.2) is 29.6 Å². The molecule has 158 valence electrons. The van der Waals surface area contributed by atoms with Gasteiger partial charge in [0, 0.05) is 17.4 Å². The fraction of sp³-hybridized carbons (Fsp3) is 0.458. The third-order valence-corrected chi connectivity index (χ3v) is 6.63. The second-order valence-corrected chi connectivity index (χ2v) is 8.97. The molecule has 5 rings (SSSR count). The van der Waals surface area contributed by atoms with E-state index in [4.69, 9.17) is 18.9 Å². The Kier molecular flexibility index (Phi) is 4.43. The Bertz CT molecular complexity index is 997. The van der Waals surface area contributed by atoms with Crippen molar-refractivity contribution in [3.8, 4) is 17.2 Å². The molecule has 0 amide bonds. The Morgan fingerprint density at radius 3 is 2.67 bits per heavy atom. The first-order chi connectivity index (χ1) is 14.3. The van der Waals surface area contributed by atoms with Gasteiger partial charge in [0.2, 0.25) is 6.79 Å². The number of carboxylic acid groups (broad SMARTS) is 1. The molecule has 0 spiro atoms. The zero-order valence-electron chi connectivity index (χ0n) is 17.4. The highest BCUT2D eigenvalue weighted by atomic mass is 16.7. The summed E-state index contributed by atoms with van der Waals surface area (Å²) in [5, 5.41) is 9.17. The van der Waals surface area contributed by atoms with Crippen molar-refractivity contribution in [3.63, 3.8) is 0 Å². The van der Waals surface area contributed by atoms with Crippen LogP contribution < -0.4 is 14.2 Å². The molecule has 0 aliphatic carbocycles. The van der Waals surface area contributed by atoms with Crippen LogP contribution in [0, 0.1) is 5.92 Å². The molecule has 2 aromatic rings. The lowest BCUT2D eigenvalue weighted by Gasteiger charge is -2.50. The standard InChI is InChI=1S/C24H26O6/c1-13-16(15-5-7-20-21(10-15)28-12-27-20)11-18-23(29-13)17-8-14(9-22(25)26)4-6-19(17)30-24(18,2)3/h4-8,10,13,16,18,23H,9,11-12H2,1-3H3,(H,25,26)/t13-,16+,18-,23+/m0/s1. The summed E-state index contributed by atoms with van der Waals surface area (Å²) in [4.78, 5) is 11.2. The van der Waals surface area contributed by atoms with Crippen LogP contribution in [0.25, 0.3) is 0 Å². The highest BCUT2D eigenvalue weighted by Crippen LogP contribution is 2.54. The number of carboxylic acids is 1. The lowest BCUT2D eigenvalue weighted by atomic mass is 9.70. The van der Waals surface area contributed by atoms with Crippen molar-refractivity contribution >= 4 is 5.97 Å². The number of ether oxygens (including phenoxy) is 4. The number of rotatable bonds is 3. The normalized spacial score (nSPS) is 28.2. The molecule has 3 aliphatic rings. The first-order valence-electron chi connectivity index (χ1n) is 10.4. The van der Waals surface area contributed by atoms with E-state index in [1.807, 2.05) is 24.3 Å². The van der Waals surface area contributed by atoms with Gasteiger partial charge in [-0.05, 0) is 62.6 Å². The van der Waals surface area contributed by atoms with E-state index in [0.717, 1.165) is 34.8 Å². The molecule has 6 heteroatoms. The van der Waals surface area contributed by atoms with Gasteiger partial charge in [0.05, 0.1) is 18.6 Å². The Hall–Kier alpha value is -2.73. The van der Waals surface area contributed by atoms with E-state index >= 15 is 0 Å². The number of aliphatic carboxylic acids is 1. The monoisotopic (exact) mass is 410 g/mol. The summed E-state index contributed by atoms with van der Waals surface area (Å²) in [6.07, 6.45) is 0.763. The van der Waals surface area contributed by atoms with Gasteiger partial charge < -0.3 is 24.1 Å². The van der Waals surface area contributed by atoms with Gasteiger partial charge in [-0.25, -0.2) is 0 Å². The fourth-order valence-electron chi connectivity index (χ4n) is 5.06. The maximum atomic E-state index is 11.2. The molecule has 4 atom stereocenters. The Labute approximate surface area is 175 Å². The highest BCUT2D eigenvalue weighted by molar-refractivity contribution is 5.70. The molecule has 6 nitrogen and oxygen atoms in total. The molecule has 3 aliphatic heterocycles. The minimum Gasteiger partial charge on any atom is -0.487 e. The minimum atomic E-state index is -0.843. The van der Waals surface area contributed by atoms with Crippen LogP contribution in [0.3, 0.4) is 0 Å². The minimum absolute atomic E-state index is 0.00324. The highest BCUT2D eigenvalue weighted by Gasteiger charge is 2.50. The van der Waals surface area contributed by atoms with Gasteiger partial charge in [0.25, 0.3) is 0 Å². The SMILES string of the molecule is C[C@@H]1O[C@@H]2c3cc(CC(=O)O)ccc3OC(C)(C)[C@H]2C[C@H]1c1ccc2c(c1)OCO2. The molecule has 0 saturated carbocycles. The molecule has 0 radical (unpaired) electrons. The van der Waals surface area contributed by atoms with Crippen molar-refractivity contribution in [2.75, 3.05) is 6.79 Å². The van der Waals surface area contributed by atoms with Gasteiger partial charge in [-0.2, -0.15) is 0 Å². The quantitative estimate of drug-likeness (QED) is 0.805. The average Bonchev–Trinajstić information content (AvgIpc) is 3.15. The molecule has 0 aromatic heterocycles. The Morgan fingerprint density at radius 2 is 1.87 bits per heavy atom. The van der Waals surface area contributed by atoms with Crippen LogP contribution in [0.5, 0.6) is 17.2 Å². The van der Waals surface area contributed by atoms with Gasteiger partial charge >= 0.3 is 5.97 Å². The fourth-order valence-corrected chi connectivity index (χ4v) is 5.06. The summed E-state index contributed by atoms with van der Waals surface area (Å²) in [5.74, 6) is 1.84. The Morgan fingerprint density at radius 1 is 1.10 bits per heavy atom. The number of hydrogen-bond acceptors (Lipinski definition) is 5. The zero-order valence-corrected chi connectivity index (χ0v) is 17.4. The van der Waals surface area contributed by atoms with Crippen LogP contribution in [0.2, 0.25) is 0 Å². The second-order valence-electron chi connectivity index (χ2n) is 8.97. The molecule has 1 fully saturated rings. The predicted octanol–water partition coefficient (Wildman–Crippen LogP) is 4.46. The third-order valence-electron chi connectivity index (χ3n) is 6.63. The summed E-state index contributed by atoms with van der Waals surface area (Å²) in [6.45, 7) is 6.58. The van der Waals surface area contributed by atoms with Crippen LogP contribution in [0.1, 0.15) is 55.9 Å². The topological polar surface area (TPSA) is 74.2 Å². The van der Waals surface area contributed by atoms with Gasteiger partial charge in [0.15, 0.2) is 11.5 Å². The van der Waals surface area contributed by atoms with Crippen molar-refractivity contribution in [1.82, 2.24) is 0 Å². The van der Waals surface area contributed by atoms with Gasteiger partial charge in [0.1, 0.15) is 11.4 Å². The molecule has 1 N–H and O–H groups in total. The predicted molar refractivity (Wildman–Crippen MR) is 109 cm³/mol. The van der Waals surface area contributed by atoms with E-state index in [1.54, 1.807) is 0 Å². The number of benzene rings is 2. The van der Waals surface area contributed by atoms with Gasteiger partial charge in [-0.1, -0.05) is 12.1 Å². The zero-order chi connectivity index (χ0) is 21.0. The van der Waals surface area contributed by atoms with Crippen LogP contribution in [-0.2, 0) is 16.0 Å². The lowest BCUT2D eigenvalue weighted by Crippen LogP contribution is -2.50. The lowest BCUT2D eigenvalue weighted by molar-refractivity contribution is -0.153. The van der Waals surface area contributed by atoms with Crippen molar-refractivity contribution in [1.29, 1.82) is 0 Å². The van der Waals surface area contributed by atoms with Crippen molar-refractivity contribution in [2.45, 2.75) is 57.3 Å². The molecule has 1 saturated heterocycles. The van der Waals surface area contributed by atoms with Crippen molar-refractivity contribution in [2.24, 2.45) is 5.92 Å². The second kappa shape index (κ2) is 6.91. The van der Waals surface area contributed by atoms with Crippen molar-refractivity contribution in [3.05, 3.63) is 53.1 Å². The number of fused-ring (bicyclic) bond motifs is 4. The summed E-state index contributed by atoms with van der Waals surface area (Å²) < 4.78 is 24.0. The molecule has 3 heterocycles. The Balaban J connectivity index is 1.48. The van der Waals surface area contributed by atoms with E-state index in [9.17, 15) is 9.90 Å². The van der Waals surface area contributed by atoms with E-state index in [0.29, 0.717) is 0 Å². The summed E-state index contributed by atoms with van der Waals surface area (Å²) in [7, 11) is 0. The molecule has 0 bridgehead atoms. The number of hydrogen-bond donors (Lipinski definition) is 1. The van der Waals surface area contributed by atoms with Gasteiger partial charge in [-0.15, -0.1) is 0 Å². The summed E-state index contributed by atoms with van der Waals surface area (Å²) in [5.41, 5.74) is 2.48. The maximum absolute atomic E-state index is 11.2. The molecule has 30 heavy (non-hydrogen) atoms. The summed E-state index contributed by atoms with van der Waals surface area (Å²) in [6, 6.07) is 11.8. The maximum Gasteiger partial charge on any atom is 0.307 e.